The molecule has 0 aromatic carbocycles. The first-order valence-electron chi connectivity index (χ1n) is 5.76. The molecule has 0 aromatic rings. The summed E-state index contributed by atoms with van der Waals surface area (Å²) in [6.45, 7) is 11.4. The lowest BCUT2D eigenvalue weighted by molar-refractivity contribution is -0.337. The van der Waals surface area contributed by atoms with E-state index in [2.05, 4.69) is 27.7 Å². The highest BCUT2D eigenvalue weighted by Crippen LogP contribution is 2.21. The van der Waals surface area contributed by atoms with Gasteiger partial charge >= 0.3 is 0 Å². The van der Waals surface area contributed by atoms with Gasteiger partial charge in [0, 0.05) is 0 Å². The van der Waals surface area contributed by atoms with Crippen LogP contribution in [-0.2, 0) is 9.78 Å². The maximum absolute atomic E-state index is 5.29. The molecule has 1 atom stereocenters. The molecule has 0 aliphatic heterocycles. The van der Waals surface area contributed by atoms with Crippen molar-refractivity contribution >= 4 is 0 Å². The van der Waals surface area contributed by atoms with Gasteiger partial charge in [-0.15, -0.1) is 0 Å². The largest absolute Gasteiger partial charge is 0.236 e. The van der Waals surface area contributed by atoms with Crippen molar-refractivity contribution in [3.63, 3.8) is 0 Å². The van der Waals surface area contributed by atoms with Gasteiger partial charge in [-0.1, -0.05) is 47.0 Å². The van der Waals surface area contributed by atoms with Gasteiger partial charge in [0.15, 0.2) is 0 Å². The van der Waals surface area contributed by atoms with E-state index in [9.17, 15) is 0 Å². The second-order valence-corrected chi connectivity index (χ2v) is 4.99. The molecule has 1 unspecified atom stereocenters. The van der Waals surface area contributed by atoms with Gasteiger partial charge in [-0.25, -0.2) is 9.78 Å². The molecule has 14 heavy (non-hydrogen) atoms. The standard InChI is InChI=1S/C12H26O2/c1-6-7-8-9-10-13-14-11(2)12(3,4)5/h11H,6-10H2,1-5H3. The van der Waals surface area contributed by atoms with Crippen LogP contribution in [0, 0.1) is 5.41 Å². The molecule has 0 aliphatic rings. The van der Waals surface area contributed by atoms with Crippen molar-refractivity contribution in [2.45, 2.75) is 66.4 Å². The fourth-order valence-corrected chi connectivity index (χ4v) is 0.882. The van der Waals surface area contributed by atoms with E-state index in [-0.39, 0.29) is 11.5 Å². The lowest BCUT2D eigenvalue weighted by Crippen LogP contribution is -2.26. The van der Waals surface area contributed by atoms with Crippen molar-refractivity contribution in [3.8, 4) is 0 Å². The molecule has 0 spiro atoms. The first-order chi connectivity index (χ1) is 6.48. The van der Waals surface area contributed by atoms with Gasteiger partial charge in [-0.2, -0.15) is 0 Å². The summed E-state index contributed by atoms with van der Waals surface area (Å²) in [6, 6.07) is 0. The van der Waals surface area contributed by atoms with Crippen LogP contribution in [0.2, 0.25) is 0 Å². The summed E-state index contributed by atoms with van der Waals surface area (Å²) in [7, 11) is 0. The van der Waals surface area contributed by atoms with Crippen molar-refractivity contribution < 1.29 is 9.78 Å². The van der Waals surface area contributed by atoms with E-state index in [4.69, 9.17) is 9.78 Å². The molecule has 0 heterocycles. The van der Waals surface area contributed by atoms with Crippen molar-refractivity contribution in [2.75, 3.05) is 6.61 Å². The fraction of sp³-hybridized carbons (Fsp3) is 1.00. The number of hydrogen-bond acceptors (Lipinski definition) is 2. The molecular weight excluding hydrogens is 176 g/mol. The quantitative estimate of drug-likeness (QED) is 0.353. The summed E-state index contributed by atoms with van der Waals surface area (Å²) in [4.78, 5) is 10.5. The number of hydrogen-bond donors (Lipinski definition) is 0. The SMILES string of the molecule is CCCCCCOOC(C)C(C)(C)C. The molecule has 2 heteroatoms. The van der Waals surface area contributed by atoms with E-state index in [1.54, 1.807) is 0 Å². The second-order valence-electron chi connectivity index (χ2n) is 4.99. The zero-order valence-corrected chi connectivity index (χ0v) is 10.4. The lowest BCUT2D eigenvalue weighted by Gasteiger charge is -2.25. The Kier molecular flexibility index (Phi) is 7.20. The minimum absolute atomic E-state index is 0.147. The van der Waals surface area contributed by atoms with Crippen molar-refractivity contribution in [1.29, 1.82) is 0 Å². The minimum Gasteiger partial charge on any atom is -0.236 e. The van der Waals surface area contributed by atoms with Gasteiger partial charge in [0.05, 0.1) is 12.7 Å². The lowest BCUT2D eigenvalue weighted by atomic mass is 9.91. The summed E-state index contributed by atoms with van der Waals surface area (Å²) in [5, 5.41) is 0. The maximum atomic E-state index is 5.29. The van der Waals surface area contributed by atoms with Crippen LogP contribution in [0.3, 0.4) is 0 Å². The van der Waals surface area contributed by atoms with Gasteiger partial charge in [0.2, 0.25) is 0 Å². The first kappa shape index (κ1) is 13.9. The molecule has 0 aliphatic carbocycles. The molecule has 0 aromatic heterocycles. The Labute approximate surface area is 88.9 Å². The van der Waals surface area contributed by atoms with Gasteiger partial charge in [-0.05, 0) is 18.8 Å². The molecule has 0 saturated heterocycles. The van der Waals surface area contributed by atoms with Gasteiger partial charge in [-0.3, -0.25) is 0 Å². The smallest absolute Gasteiger partial charge is 0.0949 e. The second kappa shape index (κ2) is 7.24. The van der Waals surface area contributed by atoms with Crippen LogP contribution in [-0.4, -0.2) is 12.7 Å². The fourth-order valence-electron chi connectivity index (χ4n) is 0.882. The molecule has 0 rings (SSSR count). The molecule has 2 nitrogen and oxygen atoms in total. The highest BCUT2D eigenvalue weighted by atomic mass is 17.2. The van der Waals surface area contributed by atoms with Crippen molar-refractivity contribution in [2.24, 2.45) is 5.41 Å². The Morgan fingerprint density at radius 3 is 2.21 bits per heavy atom. The third-order valence-electron chi connectivity index (χ3n) is 2.51. The molecule has 0 N–H and O–H groups in total. The Balaban J connectivity index is 3.28. The van der Waals surface area contributed by atoms with E-state index in [1.807, 2.05) is 6.92 Å². The van der Waals surface area contributed by atoms with Crippen LogP contribution >= 0.6 is 0 Å². The van der Waals surface area contributed by atoms with Crippen molar-refractivity contribution in [3.05, 3.63) is 0 Å². The molecule has 0 bridgehead atoms. The normalized spacial score (nSPS) is 14.4. The average Bonchev–Trinajstić information content (AvgIpc) is 2.09. The summed E-state index contributed by atoms with van der Waals surface area (Å²) in [5.41, 5.74) is 0.156. The van der Waals surface area contributed by atoms with E-state index in [0.29, 0.717) is 0 Å². The van der Waals surface area contributed by atoms with Crippen LogP contribution in [0.4, 0.5) is 0 Å². The molecule has 0 amide bonds. The first-order valence-corrected chi connectivity index (χ1v) is 5.76. The van der Waals surface area contributed by atoms with E-state index in [0.717, 1.165) is 13.0 Å². The van der Waals surface area contributed by atoms with Crippen LogP contribution in [0.25, 0.3) is 0 Å². The minimum atomic E-state index is 0.147. The van der Waals surface area contributed by atoms with Gasteiger partial charge in [0.1, 0.15) is 0 Å². The maximum Gasteiger partial charge on any atom is 0.0949 e. The summed E-state index contributed by atoms with van der Waals surface area (Å²) in [6.07, 6.45) is 5.04. The van der Waals surface area contributed by atoms with Crippen LogP contribution in [0.5, 0.6) is 0 Å². The summed E-state index contributed by atoms with van der Waals surface area (Å²) < 4.78 is 0. The molecule has 0 radical (unpaired) electrons. The van der Waals surface area contributed by atoms with Crippen LogP contribution < -0.4 is 0 Å². The topological polar surface area (TPSA) is 18.5 Å². The third kappa shape index (κ3) is 7.34. The Morgan fingerprint density at radius 2 is 1.71 bits per heavy atom. The predicted octanol–water partition coefficient (Wildman–Crippen LogP) is 3.95. The Morgan fingerprint density at radius 1 is 1.07 bits per heavy atom. The van der Waals surface area contributed by atoms with Crippen molar-refractivity contribution in [1.82, 2.24) is 0 Å². The van der Waals surface area contributed by atoms with Crippen LogP contribution in [0.15, 0.2) is 0 Å². The number of unbranched alkanes of at least 4 members (excludes halogenated alkanes) is 3. The highest BCUT2D eigenvalue weighted by Gasteiger charge is 2.21. The highest BCUT2D eigenvalue weighted by molar-refractivity contribution is 4.68. The summed E-state index contributed by atoms with van der Waals surface area (Å²) in [5.74, 6) is 0. The molecule has 0 fully saturated rings. The molecule has 0 saturated carbocycles. The molecular formula is C12H26O2. The average molecular weight is 202 g/mol. The molecule has 86 valence electrons. The van der Waals surface area contributed by atoms with Crippen LogP contribution in [0.1, 0.15) is 60.3 Å². The summed E-state index contributed by atoms with van der Waals surface area (Å²) >= 11 is 0. The monoisotopic (exact) mass is 202 g/mol. The van der Waals surface area contributed by atoms with E-state index < -0.39 is 0 Å². The Bertz CT molecular complexity index is 127. The zero-order chi connectivity index (χ0) is 11.0. The Hall–Kier alpha value is -0.0800. The van der Waals surface area contributed by atoms with E-state index in [1.165, 1.54) is 19.3 Å². The predicted molar refractivity (Wildman–Crippen MR) is 60.1 cm³/mol. The zero-order valence-electron chi connectivity index (χ0n) is 10.4. The van der Waals surface area contributed by atoms with Gasteiger partial charge in [0.25, 0.3) is 0 Å². The third-order valence-corrected chi connectivity index (χ3v) is 2.51. The van der Waals surface area contributed by atoms with E-state index >= 15 is 0 Å². The number of rotatable bonds is 7. The van der Waals surface area contributed by atoms with Gasteiger partial charge < -0.3 is 0 Å².